The maximum absolute atomic E-state index is 11.5. The first kappa shape index (κ1) is 10.4. The van der Waals surface area contributed by atoms with E-state index in [-0.39, 0.29) is 11.7 Å². The van der Waals surface area contributed by atoms with Gasteiger partial charge in [-0.25, -0.2) is 8.42 Å². The van der Waals surface area contributed by atoms with Crippen molar-refractivity contribution in [2.24, 2.45) is 5.92 Å². The Morgan fingerprint density at radius 2 is 2.00 bits per heavy atom. The molecule has 0 saturated carbocycles. The molecule has 3 nitrogen and oxygen atoms in total. The Morgan fingerprint density at radius 3 is 2.38 bits per heavy atom. The molecule has 1 aliphatic heterocycles. The summed E-state index contributed by atoms with van der Waals surface area (Å²) >= 11 is 0. The fourth-order valence-electron chi connectivity index (χ4n) is 1.63. The Kier molecular flexibility index (Phi) is 2.61. The number of carbonyl (C=O) groups excluding carboxylic acids is 1. The predicted octanol–water partition coefficient (Wildman–Crippen LogP) is 0.955. The van der Waals surface area contributed by atoms with Crippen molar-refractivity contribution < 1.29 is 13.2 Å². The molecule has 1 fully saturated rings. The third kappa shape index (κ3) is 1.68. The van der Waals surface area contributed by atoms with Crippen LogP contribution in [0.25, 0.3) is 0 Å². The van der Waals surface area contributed by atoms with Gasteiger partial charge in [-0.3, -0.25) is 4.79 Å². The second-order valence-corrected chi connectivity index (χ2v) is 6.53. The zero-order valence-corrected chi connectivity index (χ0v) is 8.67. The van der Waals surface area contributed by atoms with Crippen molar-refractivity contribution >= 4 is 16.1 Å². The van der Waals surface area contributed by atoms with Crippen LogP contribution in [-0.2, 0) is 14.6 Å². The van der Waals surface area contributed by atoms with Crippen molar-refractivity contribution in [2.45, 2.75) is 25.0 Å². The summed E-state index contributed by atoms with van der Waals surface area (Å²) in [4.78, 5) is 10.1. The van der Waals surface area contributed by atoms with E-state index in [4.69, 9.17) is 0 Å². The summed E-state index contributed by atoms with van der Waals surface area (Å²) in [5.74, 6) is 0.205. The van der Waals surface area contributed by atoms with Gasteiger partial charge in [-0.2, -0.15) is 0 Å². The highest BCUT2D eigenvalue weighted by Gasteiger charge is 2.45. The Hall–Kier alpha value is -0.640. The molecule has 0 spiro atoms. The Labute approximate surface area is 78.8 Å². The van der Waals surface area contributed by atoms with Gasteiger partial charge in [-0.05, 0) is 32.3 Å². The molecule has 1 saturated heterocycles. The first-order valence-corrected chi connectivity index (χ1v) is 5.91. The SMILES string of the molecule is CC1(C)C(/C=C/C=O)CCS1(=O)=O. The summed E-state index contributed by atoms with van der Waals surface area (Å²) < 4.78 is 22.4. The molecule has 1 atom stereocenters. The zero-order chi connectivity index (χ0) is 10.1. The summed E-state index contributed by atoms with van der Waals surface area (Å²) in [6.45, 7) is 3.43. The van der Waals surface area contributed by atoms with Gasteiger partial charge in [0.15, 0.2) is 9.84 Å². The van der Waals surface area contributed by atoms with Gasteiger partial charge in [0.05, 0.1) is 10.5 Å². The van der Waals surface area contributed by atoms with Gasteiger partial charge in [-0.1, -0.05) is 6.08 Å². The highest BCUT2D eigenvalue weighted by atomic mass is 32.2. The van der Waals surface area contributed by atoms with Crippen molar-refractivity contribution in [3.05, 3.63) is 12.2 Å². The Balaban J connectivity index is 2.95. The maximum atomic E-state index is 11.5. The summed E-state index contributed by atoms with van der Waals surface area (Å²) in [6, 6.07) is 0. The van der Waals surface area contributed by atoms with Crippen molar-refractivity contribution in [1.82, 2.24) is 0 Å². The van der Waals surface area contributed by atoms with E-state index >= 15 is 0 Å². The van der Waals surface area contributed by atoms with Gasteiger partial charge in [0, 0.05) is 0 Å². The molecule has 0 aromatic carbocycles. The fourth-order valence-corrected chi connectivity index (χ4v) is 3.38. The van der Waals surface area contributed by atoms with Crippen LogP contribution in [0.3, 0.4) is 0 Å². The summed E-state index contributed by atoms with van der Waals surface area (Å²) in [5, 5.41) is 0. The Bertz CT molecular complexity index is 325. The molecule has 0 aromatic rings. The molecule has 0 aromatic heterocycles. The minimum Gasteiger partial charge on any atom is -0.299 e. The quantitative estimate of drug-likeness (QED) is 0.495. The second-order valence-electron chi connectivity index (χ2n) is 3.84. The maximum Gasteiger partial charge on any atom is 0.156 e. The van der Waals surface area contributed by atoms with Gasteiger partial charge in [-0.15, -0.1) is 0 Å². The van der Waals surface area contributed by atoms with Crippen LogP contribution in [0.4, 0.5) is 0 Å². The molecule has 1 aliphatic rings. The predicted molar refractivity (Wildman–Crippen MR) is 51.2 cm³/mol. The minimum absolute atomic E-state index is 0.0253. The number of aldehydes is 1. The number of allylic oxidation sites excluding steroid dienone is 2. The molecule has 4 heteroatoms. The third-order valence-electron chi connectivity index (χ3n) is 2.81. The van der Waals surface area contributed by atoms with E-state index in [0.717, 1.165) is 0 Å². The molecular formula is C9H14O3S. The van der Waals surface area contributed by atoms with E-state index in [2.05, 4.69) is 0 Å². The van der Waals surface area contributed by atoms with Gasteiger partial charge < -0.3 is 0 Å². The smallest absolute Gasteiger partial charge is 0.156 e. The summed E-state index contributed by atoms with van der Waals surface area (Å²) in [5.41, 5.74) is 0. The molecule has 74 valence electrons. The highest BCUT2D eigenvalue weighted by Crippen LogP contribution is 2.37. The van der Waals surface area contributed by atoms with Crippen LogP contribution in [0.15, 0.2) is 12.2 Å². The van der Waals surface area contributed by atoms with Crippen LogP contribution in [0.2, 0.25) is 0 Å². The first-order chi connectivity index (χ1) is 5.92. The van der Waals surface area contributed by atoms with Gasteiger partial charge in [0.25, 0.3) is 0 Å². The average Bonchev–Trinajstić information content (AvgIpc) is 2.21. The van der Waals surface area contributed by atoms with Crippen LogP contribution in [-0.4, -0.2) is 25.2 Å². The molecule has 1 rings (SSSR count). The van der Waals surface area contributed by atoms with Crippen LogP contribution < -0.4 is 0 Å². The molecule has 0 radical (unpaired) electrons. The standard InChI is InChI=1S/C9H14O3S/c1-9(2)8(4-3-6-10)5-7-13(9,11)12/h3-4,6,8H,5,7H2,1-2H3/b4-3+. The lowest BCUT2D eigenvalue weighted by Gasteiger charge is -2.22. The van der Waals surface area contributed by atoms with Crippen molar-refractivity contribution in [2.75, 3.05) is 5.75 Å². The number of hydrogen-bond donors (Lipinski definition) is 0. The molecule has 1 heterocycles. The monoisotopic (exact) mass is 202 g/mol. The second kappa shape index (κ2) is 3.25. The molecule has 13 heavy (non-hydrogen) atoms. The number of hydrogen-bond acceptors (Lipinski definition) is 3. The average molecular weight is 202 g/mol. The molecular weight excluding hydrogens is 188 g/mol. The lowest BCUT2D eigenvalue weighted by Crippen LogP contribution is -2.32. The summed E-state index contributed by atoms with van der Waals surface area (Å²) in [7, 11) is -2.97. The molecule has 0 amide bonds. The fraction of sp³-hybridized carbons (Fsp3) is 0.667. The van der Waals surface area contributed by atoms with Gasteiger partial charge in [0.2, 0.25) is 0 Å². The lowest BCUT2D eigenvalue weighted by atomic mass is 9.92. The van der Waals surface area contributed by atoms with Crippen LogP contribution in [0.1, 0.15) is 20.3 Å². The zero-order valence-electron chi connectivity index (χ0n) is 7.86. The van der Waals surface area contributed by atoms with E-state index in [1.807, 2.05) is 0 Å². The van der Waals surface area contributed by atoms with Crippen molar-refractivity contribution in [3.63, 3.8) is 0 Å². The number of carbonyl (C=O) groups is 1. The van der Waals surface area contributed by atoms with Crippen molar-refractivity contribution in [1.29, 1.82) is 0 Å². The molecule has 0 N–H and O–H groups in total. The van der Waals surface area contributed by atoms with E-state index in [0.29, 0.717) is 12.7 Å². The van der Waals surface area contributed by atoms with Gasteiger partial charge >= 0.3 is 0 Å². The van der Waals surface area contributed by atoms with Crippen molar-refractivity contribution in [3.8, 4) is 0 Å². The number of sulfone groups is 1. The molecule has 0 aliphatic carbocycles. The van der Waals surface area contributed by atoms with E-state index < -0.39 is 14.6 Å². The van der Waals surface area contributed by atoms with E-state index in [9.17, 15) is 13.2 Å². The third-order valence-corrected chi connectivity index (χ3v) is 5.49. The van der Waals surface area contributed by atoms with Crippen LogP contribution in [0.5, 0.6) is 0 Å². The van der Waals surface area contributed by atoms with Gasteiger partial charge in [0.1, 0.15) is 6.29 Å². The van der Waals surface area contributed by atoms with E-state index in [1.165, 1.54) is 6.08 Å². The number of rotatable bonds is 2. The summed E-state index contributed by atoms with van der Waals surface area (Å²) in [6.07, 6.45) is 4.38. The van der Waals surface area contributed by atoms with Crippen LogP contribution in [0, 0.1) is 5.92 Å². The molecule has 1 unspecified atom stereocenters. The van der Waals surface area contributed by atoms with E-state index in [1.54, 1.807) is 19.9 Å². The highest BCUT2D eigenvalue weighted by molar-refractivity contribution is 7.93. The lowest BCUT2D eigenvalue weighted by molar-refractivity contribution is -0.104. The first-order valence-electron chi connectivity index (χ1n) is 4.26. The van der Waals surface area contributed by atoms with Crippen LogP contribution >= 0.6 is 0 Å². The normalized spacial score (nSPS) is 30.8. The topological polar surface area (TPSA) is 51.2 Å². The molecule has 0 bridgehead atoms. The minimum atomic E-state index is -2.97. The largest absolute Gasteiger partial charge is 0.299 e. The Morgan fingerprint density at radius 1 is 1.38 bits per heavy atom.